The number of nitrogens with zero attached hydrogens (tertiary/aromatic N) is 2. The Morgan fingerprint density at radius 2 is 2.08 bits per heavy atom. The number of pyridine rings is 1. The molecule has 0 spiro atoms. The Balaban J connectivity index is 1.31. The van der Waals surface area contributed by atoms with E-state index in [0.29, 0.717) is 6.04 Å². The summed E-state index contributed by atoms with van der Waals surface area (Å²) in [6.07, 6.45) is 4.90. The molecular weight excluding hydrogens is 366 g/mol. The standard InChI is InChI=1S/C19H20BrN3O/c20-16-1-2-19-15(9-16)10-18(24-19)11-22-17-5-8-23(13-17)12-14-3-6-21-7-4-14/h1-4,6-7,9-10,17,22H,5,8,11-13H2/t17-/m0/s1. The molecule has 24 heavy (non-hydrogen) atoms. The highest BCUT2D eigenvalue weighted by Crippen LogP contribution is 2.23. The summed E-state index contributed by atoms with van der Waals surface area (Å²) < 4.78 is 6.98. The van der Waals surface area contributed by atoms with Gasteiger partial charge in [0, 0.05) is 47.9 Å². The maximum Gasteiger partial charge on any atom is 0.134 e. The molecular formula is C19H20BrN3O. The van der Waals surface area contributed by atoms with Crippen LogP contribution < -0.4 is 5.32 Å². The molecule has 124 valence electrons. The Kier molecular flexibility index (Phi) is 4.65. The van der Waals surface area contributed by atoms with E-state index in [0.717, 1.165) is 47.4 Å². The Labute approximate surface area is 150 Å². The van der Waals surface area contributed by atoms with Gasteiger partial charge in [0.15, 0.2) is 0 Å². The van der Waals surface area contributed by atoms with Crippen LogP contribution in [0.5, 0.6) is 0 Å². The Morgan fingerprint density at radius 3 is 2.96 bits per heavy atom. The summed E-state index contributed by atoms with van der Waals surface area (Å²) in [7, 11) is 0. The molecule has 0 saturated carbocycles. The van der Waals surface area contributed by atoms with E-state index in [9.17, 15) is 0 Å². The molecule has 0 bridgehead atoms. The number of hydrogen-bond donors (Lipinski definition) is 1. The van der Waals surface area contributed by atoms with E-state index in [4.69, 9.17) is 4.42 Å². The second kappa shape index (κ2) is 7.05. The summed E-state index contributed by atoms with van der Waals surface area (Å²) >= 11 is 3.50. The van der Waals surface area contributed by atoms with E-state index in [2.05, 4.69) is 55.4 Å². The van der Waals surface area contributed by atoms with Gasteiger partial charge in [0.1, 0.15) is 11.3 Å². The van der Waals surface area contributed by atoms with E-state index >= 15 is 0 Å². The molecule has 3 aromatic rings. The maximum atomic E-state index is 5.90. The molecule has 0 aliphatic carbocycles. The van der Waals surface area contributed by atoms with Crippen LogP contribution in [-0.2, 0) is 13.1 Å². The van der Waals surface area contributed by atoms with Crippen LogP contribution in [-0.4, -0.2) is 29.0 Å². The number of likely N-dealkylation sites (tertiary alicyclic amines) is 1. The molecule has 0 amide bonds. The van der Waals surface area contributed by atoms with E-state index in [1.807, 2.05) is 24.5 Å². The third kappa shape index (κ3) is 3.69. The zero-order valence-corrected chi connectivity index (χ0v) is 15.0. The highest BCUT2D eigenvalue weighted by molar-refractivity contribution is 9.10. The van der Waals surface area contributed by atoms with E-state index in [1.54, 1.807) is 0 Å². The predicted molar refractivity (Wildman–Crippen MR) is 98.7 cm³/mol. The lowest BCUT2D eigenvalue weighted by molar-refractivity contribution is 0.318. The van der Waals surface area contributed by atoms with E-state index in [1.165, 1.54) is 12.0 Å². The average molecular weight is 386 g/mol. The van der Waals surface area contributed by atoms with Crippen LogP contribution in [0.15, 0.2) is 57.7 Å². The molecule has 0 radical (unpaired) electrons. The van der Waals surface area contributed by atoms with Crippen molar-refractivity contribution in [2.75, 3.05) is 13.1 Å². The average Bonchev–Trinajstić information content (AvgIpc) is 3.20. The lowest BCUT2D eigenvalue weighted by Crippen LogP contribution is -2.31. The molecule has 1 N–H and O–H groups in total. The van der Waals surface area contributed by atoms with Gasteiger partial charge >= 0.3 is 0 Å². The topological polar surface area (TPSA) is 41.3 Å². The second-order valence-corrected chi connectivity index (χ2v) is 7.27. The number of hydrogen-bond acceptors (Lipinski definition) is 4. The zero-order valence-electron chi connectivity index (χ0n) is 13.4. The van der Waals surface area contributed by atoms with Crippen molar-refractivity contribution in [3.8, 4) is 0 Å². The molecule has 1 aliphatic heterocycles. The van der Waals surface area contributed by atoms with Crippen LogP contribution in [0, 0.1) is 0 Å². The van der Waals surface area contributed by atoms with Crippen LogP contribution in [0.4, 0.5) is 0 Å². The number of rotatable bonds is 5. The summed E-state index contributed by atoms with van der Waals surface area (Å²) in [6.45, 7) is 3.99. The van der Waals surface area contributed by atoms with Gasteiger partial charge in [0.25, 0.3) is 0 Å². The number of furan rings is 1. The minimum atomic E-state index is 0.520. The van der Waals surface area contributed by atoms with Gasteiger partial charge in [0.05, 0.1) is 6.54 Å². The number of halogens is 1. The van der Waals surface area contributed by atoms with Crippen molar-refractivity contribution in [1.82, 2.24) is 15.2 Å². The van der Waals surface area contributed by atoms with Gasteiger partial charge in [-0.05, 0) is 48.4 Å². The summed E-state index contributed by atoms with van der Waals surface area (Å²) in [6, 6.07) is 12.9. The van der Waals surface area contributed by atoms with Gasteiger partial charge in [-0.3, -0.25) is 9.88 Å². The largest absolute Gasteiger partial charge is 0.460 e. The summed E-state index contributed by atoms with van der Waals surface area (Å²) in [5.41, 5.74) is 2.27. The number of aromatic nitrogens is 1. The summed E-state index contributed by atoms with van der Waals surface area (Å²) in [4.78, 5) is 6.57. The van der Waals surface area contributed by atoms with Crippen LogP contribution in [0.3, 0.4) is 0 Å². The lowest BCUT2D eigenvalue weighted by atomic mass is 10.2. The monoisotopic (exact) mass is 385 g/mol. The fourth-order valence-electron chi connectivity index (χ4n) is 3.29. The molecule has 1 fully saturated rings. The molecule has 1 aliphatic rings. The normalized spacial score (nSPS) is 18.5. The maximum absolute atomic E-state index is 5.90. The highest BCUT2D eigenvalue weighted by atomic mass is 79.9. The second-order valence-electron chi connectivity index (χ2n) is 6.35. The predicted octanol–water partition coefficient (Wildman–Crippen LogP) is 3.95. The highest BCUT2D eigenvalue weighted by Gasteiger charge is 2.22. The molecule has 1 aromatic carbocycles. The fourth-order valence-corrected chi connectivity index (χ4v) is 3.67. The first-order chi connectivity index (χ1) is 11.8. The van der Waals surface area contributed by atoms with E-state index in [-0.39, 0.29) is 0 Å². The number of fused-ring (bicyclic) bond motifs is 1. The zero-order chi connectivity index (χ0) is 16.4. The van der Waals surface area contributed by atoms with Gasteiger partial charge in [-0.15, -0.1) is 0 Å². The number of benzene rings is 1. The summed E-state index contributed by atoms with van der Waals surface area (Å²) in [5, 5.41) is 4.78. The third-order valence-electron chi connectivity index (χ3n) is 4.52. The quantitative estimate of drug-likeness (QED) is 0.721. The molecule has 3 heterocycles. The van der Waals surface area contributed by atoms with Crippen molar-refractivity contribution in [1.29, 1.82) is 0 Å². The molecule has 0 unspecified atom stereocenters. The van der Waals surface area contributed by atoms with Crippen LogP contribution in [0.2, 0.25) is 0 Å². The first-order valence-corrected chi connectivity index (χ1v) is 9.08. The van der Waals surface area contributed by atoms with Crippen LogP contribution >= 0.6 is 15.9 Å². The molecule has 1 atom stereocenters. The smallest absolute Gasteiger partial charge is 0.134 e. The molecule has 1 saturated heterocycles. The Hall–Kier alpha value is -1.69. The van der Waals surface area contributed by atoms with Crippen molar-refractivity contribution in [3.05, 3.63) is 64.6 Å². The molecule has 5 heteroatoms. The van der Waals surface area contributed by atoms with Gasteiger partial charge in [-0.2, -0.15) is 0 Å². The van der Waals surface area contributed by atoms with Gasteiger partial charge < -0.3 is 9.73 Å². The number of nitrogens with one attached hydrogen (secondary N) is 1. The van der Waals surface area contributed by atoms with Crippen molar-refractivity contribution in [2.24, 2.45) is 0 Å². The minimum absolute atomic E-state index is 0.520. The first-order valence-electron chi connectivity index (χ1n) is 8.29. The molecule has 2 aromatic heterocycles. The van der Waals surface area contributed by atoms with Gasteiger partial charge in [-0.25, -0.2) is 0 Å². The van der Waals surface area contributed by atoms with Crippen molar-refractivity contribution in [3.63, 3.8) is 0 Å². The molecule has 4 nitrogen and oxygen atoms in total. The van der Waals surface area contributed by atoms with Gasteiger partial charge in [-0.1, -0.05) is 15.9 Å². The Morgan fingerprint density at radius 1 is 1.21 bits per heavy atom. The molecule has 4 rings (SSSR count). The van der Waals surface area contributed by atoms with E-state index < -0.39 is 0 Å². The third-order valence-corrected chi connectivity index (χ3v) is 5.02. The van der Waals surface area contributed by atoms with Crippen molar-refractivity contribution >= 4 is 26.9 Å². The van der Waals surface area contributed by atoms with Crippen molar-refractivity contribution < 1.29 is 4.42 Å². The Bertz CT molecular complexity index is 818. The van der Waals surface area contributed by atoms with Gasteiger partial charge in [0.2, 0.25) is 0 Å². The van der Waals surface area contributed by atoms with Crippen LogP contribution in [0.25, 0.3) is 11.0 Å². The summed E-state index contributed by atoms with van der Waals surface area (Å²) in [5.74, 6) is 0.996. The fraction of sp³-hybridized carbons (Fsp3) is 0.316. The SMILES string of the molecule is Brc1ccc2oc(CN[C@H]3CCN(Cc4ccncc4)C3)cc2c1. The minimum Gasteiger partial charge on any atom is -0.460 e. The lowest BCUT2D eigenvalue weighted by Gasteiger charge is -2.16. The van der Waals surface area contributed by atoms with Crippen LogP contribution in [0.1, 0.15) is 17.7 Å². The van der Waals surface area contributed by atoms with Crippen molar-refractivity contribution in [2.45, 2.75) is 25.6 Å². The first kappa shape index (κ1) is 15.8.